The summed E-state index contributed by atoms with van der Waals surface area (Å²) in [6.07, 6.45) is 1.27. The van der Waals surface area contributed by atoms with E-state index in [1.165, 1.54) is 5.56 Å². The molecule has 1 aromatic carbocycles. The number of amides is 1. The number of rotatable bonds is 7. The topological polar surface area (TPSA) is 67.6 Å². The molecule has 1 atom stereocenters. The van der Waals surface area contributed by atoms with E-state index >= 15 is 0 Å². The molecule has 1 aromatic rings. The SMILES string of the molecule is CCC(N)(CC)CNC(=O)C1CN(Cc2ccccc2)CCO1. The lowest BCUT2D eigenvalue weighted by molar-refractivity contribution is -0.139. The molecule has 1 fully saturated rings. The Labute approximate surface area is 139 Å². The summed E-state index contributed by atoms with van der Waals surface area (Å²) < 4.78 is 5.65. The van der Waals surface area contributed by atoms with E-state index in [9.17, 15) is 4.79 Å². The lowest BCUT2D eigenvalue weighted by Crippen LogP contribution is -2.54. The summed E-state index contributed by atoms with van der Waals surface area (Å²) in [5.74, 6) is -0.0560. The van der Waals surface area contributed by atoms with Crippen LogP contribution in [-0.2, 0) is 16.1 Å². The van der Waals surface area contributed by atoms with E-state index in [1.807, 2.05) is 32.0 Å². The smallest absolute Gasteiger partial charge is 0.250 e. The quantitative estimate of drug-likeness (QED) is 0.800. The van der Waals surface area contributed by atoms with Crippen molar-refractivity contribution in [2.24, 2.45) is 5.73 Å². The predicted octanol–water partition coefficient (Wildman–Crippen LogP) is 1.52. The second-order valence-corrected chi connectivity index (χ2v) is 6.37. The van der Waals surface area contributed by atoms with Gasteiger partial charge in [-0.05, 0) is 18.4 Å². The van der Waals surface area contributed by atoms with Crippen LogP contribution in [0.25, 0.3) is 0 Å². The molecule has 1 aliphatic heterocycles. The second kappa shape index (κ2) is 8.43. The number of ether oxygens (including phenoxy) is 1. The van der Waals surface area contributed by atoms with Crippen molar-refractivity contribution in [2.75, 3.05) is 26.2 Å². The Kier molecular flexibility index (Phi) is 6.57. The number of hydrogen-bond acceptors (Lipinski definition) is 4. The van der Waals surface area contributed by atoms with E-state index in [0.29, 0.717) is 19.7 Å². The van der Waals surface area contributed by atoms with Crippen molar-refractivity contribution < 1.29 is 9.53 Å². The third-order valence-corrected chi connectivity index (χ3v) is 4.71. The molecule has 0 spiro atoms. The Morgan fingerprint density at radius 2 is 2.04 bits per heavy atom. The van der Waals surface area contributed by atoms with Gasteiger partial charge in [0, 0.05) is 31.7 Å². The van der Waals surface area contributed by atoms with Gasteiger partial charge >= 0.3 is 0 Å². The minimum atomic E-state index is -0.412. The standard InChI is InChI=1S/C18H29N3O2/c1-3-18(19,4-2)14-20-17(22)16-13-21(10-11-23-16)12-15-8-6-5-7-9-15/h5-9,16H,3-4,10-14,19H2,1-2H3,(H,20,22). The van der Waals surface area contributed by atoms with Gasteiger partial charge in [0.25, 0.3) is 5.91 Å². The Morgan fingerprint density at radius 3 is 2.70 bits per heavy atom. The molecule has 2 rings (SSSR count). The Morgan fingerprint density at radius 1 is 1.35 bits per heavy atom. The largest absolute Gasteiger partial charge is 0.366 e. The van der Waals surface area contributed by atoms with Gasteiger partial charge in [0.2, 0.25) is 0 Å². The van der Waals surface area contributed by atoms with Crippen molar-refractivity contribution in [3.05, 3.63) is 35.9 Å². The number of nitrogens with one attached hydrogen (secondary N) is 1. The zero-order valence-corrected chi connectivity index (χ0v) is 14.3. The molecule has 1 amide bonds. The van der Waals surface area contributed by atoms with Gasteiger partial charge in [-0.3, -0.25) is 9.69 Å². The molecule has 5 nitrogen and oxygen atoms in total. The Hall–Kier alpha value is -1.43. The molecule has 0 saturated carbocycles. The summed E-state index contributed by atoms with van der Waals surface area (Å²) in [5, 5.41) is 2.96. The zero-order valence-electron chi connectivity index (χ0n) is 14.3. The molecule has 1 aliphatic rings. The third kappa shape index (κ3) is 5.30. The molecule has 0 aromatic heterocycles. The maximum Gasteiger partial charge on any atom is 0.250 e. The van der Waals surface area contributed by atoms with Crippen molar-refractivity contribution >= 4 is 5.91 Å². The van der Waals surface area contributed by atoms with Gasteiger partial charge in [-0.15, -0.1) is 0 Å². The van der Waals surface area contributed by atoms with E-state index in [-0.39, 0.29) is 11.4 Å². The fraction of sp³-hybridized carbons (Fsp3) is 0.611. The fourth-order valence-corrected chi connectivity index (χ4v) is 2.72. The van der Waals surface area contributed by atoms with Crippen molar-refractivity contribution in [1.82, 2.24) is 10.2 Å². The van der Waals surface area contributed by atoms with Gasteiger partial charge < -0.3 is 15.8 Å². The van der Waals surface area contributed by atoms with Gasteiger partial charge in [-0.25, -0.2) is 0 Å². The molecule has 0 radical (unpaired) electrons. The lowest BCUT2D eigenvalue weighted by atomic mass is 9.94. The number of carbonyl (C=O) groups is 1. The molecule has 1 saturated heterocycles. The number of nitrogens with two attached hydrogens (primary N) is 1. The van der Waals surface area contributed by atoms with Crippen molar-refractivity contribution in [2.45, 2.75) is 44.9 Å². The normalized spacial score (nSPS) is 19.5. The first kappa shape index (κ1) is 17.9. The summed E-state index contributed by atoms with van der Waals surface area (Å²) in [4.78, 5) is 14.6. The minimum Gasteiger partial charge on any atom is -0.366 e. The zero-order chi connectivity index (χ0) is 16.7. The highest BCUT2D eigenvalue weighted by Gasteiger charge is 2.28. The van der Waals surface area contributed by atoms with E-state index in [1.54, 1.807) is 0 Å². The highest BCUT2D eigenvalue weighted by atomic mass is 16.5. The van der Waals surface area contributed by atoms with Crippen molar-refractivity contribution in [3.63, 3.8) is 0 Å². The number of nitrogens with zero attached hydrogens (tertiary/aromatic N) is 1. The molecule has 1 unspecified atom stereocenters. The molecular formula is C18H29N3O2. The predicted molar refractivity (Wildman–Crippen MR) is 92.0 cm³/mol. The first-order valence-electron chi connectivity index (χ1n) is 8.51. The van der Waals surface area contributed by atoms with Crippen LogP contribution in [0.1, 0.15) is 32.3 Å². The molecule has 0 aliphatic carbocycles. The lowest BCUT2D eigenvalue weighted by Gasteiger charge is -2.33. The number of hydrogen-bond donors (Lipinski definition) is 2. The van der Waals surface area contributed by atoms with Crippen LogP contribution in [0.3, 0.4) is 0 Å². The molecular weight excluding hydrogens is 290 g/mol. The highest BCUT2D eigenvalue weighted by molar-refractivity contribution is 5.81. The average molecular weight is 319 g/mol. The molecule has 128 valence electrons. The third-order valence-electron chi connectivity index (χ3n) is 4.71. The Balaban J connectivity index is 1.84. The maximum absolute atomic E-state index is 12.4. The maximum atomic E-state index is 12.4. The monoisotopic (exact) mass is 319 g/mol. The van der Waals surface area contributed by atoms with Gasteiger partial charge in [0.1, 0.15) is 6.10 Å². The number of morpholine rings is 1. The fourth-order valence-electron chi connectivity index (χ4n) is 2.72. The molecule has 1 heterocycles. The van der Waals surface area contributed by atoms with E-state index in [4.69, 9.17) is 10.5 Å². The van der Waals surface area contributed by atoms with Crippen LogP contribution in [0.15, 0.2) is 30.3 Å². The van der Waals surface area contributed by atoms with Crippen LogP contribution >= 0.6 is 0 Å². The summed E-state index contributed by atoms with van der Waals surface area (Å²) >= 11 is 0. The second-order valence-electron chi connectivity index (χ2n) is 6.37. The van der Waals surface area contributed by atoms with Crippen LogP contribution in [0.4, 0.5) is 0 Å². The van der Waals surface area contributed by atoms with E-state index in [0.717, 1.165) is 25.9 Å². The van der Waals surface area contributed by atoms with Gasteiger partial charge in [0.05, 0.1) is 6.61 Å². The summed E-state index contributed by atoms with van der Waals surface area (Å²) in [5.41, 5.74) is 7.17. The Bertz CT molecular complexity index is 488. The summed E-state index contributed by atoms with van der Waals surface area (Å²) in [7, 11) is 0. The average Bonchev–Trinajstić information content (AvgIpc) is 2.60. The molecule has 0 bridgehead atoms. The van der Waals surface area contributed by atoms with Gasteiger partial charge in [-0.1, -0.05) is 44.2 Å². The van der Waals surface area contributed by atoms with Gasteiger partial charge in [0.15, 0.2) is 0 Å². The molecule has 3 N–H and O–H groups in total. The van der Waals surface area contributed by atoms with E-state index < -0.39 is 6.10 Å². The van der Waals surface area contributed by atoms with Crippen LogP contribution in [-0.4, -0.2) is 48.7 Å². The first-order valence-corrected chi connectivity index (χ1v) is 8.51. The highest BCUT2D eigenvalue weighted by Crippen LogP contribution is 2.12. The number of carbonyl (C=O) groups excluding carboxylic acids is 1. The molecule has 23 heavy (non-hydrogen) atoms. The summed E-state index contributed by atoms with van der Waals surface area (Å²) in [6, 6.07) is 10.3. The van der Waals surface area contributed by atoms with Crippen LogP contribution < -0.4 is 11.1 Å². The first-order chi connectivity index (χ1) is 11.1. The van der Waals surface area contributed by atoms with E-state index in [2.05, 4.69) is 22.3 Å². The minimum absolute atomic E-state index is 0.0560. The summed E-state index contributed by atoms with van der Waals surface area (Å²) in [6.45, 7) is 7.50. The van der Waals surface area contributed by atoms with Crippen LogP contribution in [0.2, 0.25) is 0 Å². The van der Waals surface area contributed by atoms with Gasteiger partial charge in [-0.2, -0.15) is 0 Å². The number of benzene rings is 1. The van der Waals surface area contributed by atoms with Crippen molar-refractivity contribution in [1.29, 1.82) is 0 Å². The van der Waals surface area contributed by atoms with Crippen LogP contribution in [0.5, 0.6) is 0 Å². The molecule has 5 heteroatoms. The van der Waals surface area contributed by atoms with Crippen LogP contribution in [0, 0.1) is 0 Å². The van der Waals surface area contributed by atoms with Crippen molar-refractivity contribution in [3.8, 4) is 0 Å².